The van der Waals surface area contributed by atoms with Gasteiger partial charge in [-0.1, -0.05) is 31.2 Å². The van der Waals surface area contributed by atoms with Crippen LogP contribution in [0.15, 0.2) is 42.7 Å². The molecule has 1 fully saturated rings. The van der Waals surface area contributed by atoms with Crippen molar-refractivity contribution in [3.05, 3.63) is 53.9 Å². The van der Waals surface area contributed by atoms with E-state index < -0.39 is 0 Å². The normalized spacial score (nSPS) is 16.5. The summed E-state index contributed by atoms with van der Waals surface area (Å²) in [6.45, 7) is 5.68. The van der Waals surface area contributed by atoms with E-state index in [0.717, 1.165) is 25.2 Å². The molecule has 5 nitrogen and oxygen atoms in total. The summed E-state index contributed by atoms with van der Waals surface area (Å²) in [6.07, 6.45) is 6.72. The Morgan fingerprint density at radius 3 is 2.76 bits per heavy atom. The van der Waals surface area contributed by atoms with E-state index in [2.05, 4.69) is 34.8 Å². The number of benzene rings is 1. The molecule has 0 aliphatic carbocycles. The Labute approximate surface area is 149 Å². The van der Waals surface area contributed by atoms with Gasteiger partial charge in [0.05, 0.1) is 6.54 Å². The molecule has 0 saturated carbocycles. The molecule has 25 heavy (non-hydrogen) atoms. The SMILES string of the molecule is CC(CC(=O)NCc1ccccc1Cn1cccn1)C1CCNCC1. The van der Waals surface area contributed by atoms with Crippen molar-refractivity contribution >= 4 is 5.91 Å². The number of carbonyl (C=O) groups is 1. The van der Waals surface area contributed by atoms with Crippen LogP contribution >= 0.6 is 0 Å². The van der Waals surface area contributed by atoms with Gasteiger partial charge >= 0.3 is 0 Å². The van der Waals surface area contributed by atoms with E-state index in [4.69, 9.17) is 0 Å². The van der Waals surface area contributed by atoms with Crippen molar-refractivity contribution in [3.8, 4) is 0 Å². The lowest BCUT2D eigenvalue weighted by atomic mass is 9.84. The zero-order valence-electron chi connectivity index (χ0n) is 14.9. The van der Waals surface area contributed by atoms with Crippen LogP contribution in [0.5, 0.6) is 0 Å². The molecule has 2 aromatic rings. The third kappa shape index (κ3) is 5.16. The number of nitrogens with zero attached hydrogens (tertiary/aromatic N) is 2. The molecule has 1 aliphatic rings. The topological polar surface area (TPSA) is 59.0 Å². The van der Waals surface area contributed by atoms with Gasteiger partial charge in [0.25, 0.3) is 0 Å². The number of hydrogen-bond acceptors (Lipinski definition) is 3. The number of piperidine rings is 1. The lowest BCUT2D eigenvalue weighted by Crippen LogP contribution is -2.33. The molecule has 1 saturated heterocycles. The van der Waals surface area contributed by atoms with Crippen LogP contribution in [0.1, 0.15) is 37.3 Å². The number of rotatable bonds is 7. The Bertz CT molecular complexity index is 662. The molecule has 1 aliphatic heterocycles. The first-order valence-corrected chi connectivity index (χ1v) is 9.24. The molecule has 3 rings (SSSR count). The second kappa shape index (κ2) is 8.81. The van der Waals surface area contributed by atoms with Gasteiger partial charge in [-0.3, -0.25) is 9.48 Å². The summed E-state index contributed by atoms with van der Waals surface area (Å²) in [7, 11) is 0. The summed E-state index contributed by atoms with van der Waals surface area (Å²) in [6, 6.07) is 10.2. The first kappa shape index (κ1) is 17.7. The maximum Gasteiger partial charge on any atom is 0.220 e. The van der Waals surface area contributed by atoms with E-state index in [0.29, 0.717) is 24.8 Å². The Morgan fingerprint density at radius 1 is 1.28 bits per heavy atom. The second-order valence-corrected chi connectivity index (χ2v) is 7.02. The Hall–Kier alpha value is -2.14. The zero-order valence-corrected chi connectivity index (χ0v) is 14.9. The number of hydrogen-bond donors (Lipinski definition) is 2. The minimum atomic E-state index is 0.153. The van der Waals surface area contributed by atoms with Crippen molar-refractivity contribution in [2.45, 2.75) is 39.3 Å². The predicted molar refractivity (Wildman–Crippen MR) is 99.0 cm³/mol. The maximum atomic E-state index is 12.4. The third-order valence-corrected chi connectivity index (χ3v) is 5.18. The molecule has 2 heterocycles. The van der Waals surface area contributed by atoms with Gasteiger partial charge in [-0.15, -0.1) is 0 Å². The summed E-state index contributed by atoms with van der Waals surface area (Å²) in [5.74, 6) is 1.26. The van der Waals surface area contributed by atoms with Crippen LogP contribution in [0.4, 0.5) is 0 Å². The number of carbonyl (C=O) groups excluding carboxylic acids is 1. The van der Waals surface area contributed by atoms with Crippen LogP contribution < -0.4 is 10.6 Å². The Kier molecular flexibility index (Phi) is 6.23. The molecule has 1 atom stereocenters. The lowest BCUT2D eigenvalue weighted by Gasteiger charge is -2.27. The van der Waals surface area contributed by atoms with Crippen LogP contribution in [0.3, 0.4) is 0 Å². The quantitative estimate of drug-likeness (QED) is 0.814. The average molecular weight is 340 g/mol. The predicted octanol–water partition coefficient (Wildman–Crippen LogP) is 2.57. The second-order valence-electron chi connectivity index (χ2n) is 7.02. The first-order chi connectivity index (χ1) is 12.2. The minimum absolute atomic E-state index is 0.153. The van der Waals surface area contributed by atoms with Gasteiger partial charge < -0.3 is 10.6 Å². The van der Waals surface area contributed by atoms with Crippen LogP contribution in [-0.4, -0.2) is 28.8 Å². The molecule has 1 aromatic carbocycles. The number of nitrogens with one attached hydrogen (secondary N) is 2. The smallest absolute Gasteiger partial charge is 0.220 e. The molecular formula is C20H28N4O. The molecule has 1 unspecified atom stereocenters. The highest BCUT2D eigenvalue weighted by molar-refractivity contribution is 5.76. The lowest BCUT2D eigenvalue weighted by molar-refractivity contribution is -0.122. The fourth-order valence-corrected chi connectivity index (χ4v) is 3.59. The van der Waals surface area contributed by atoms with Gasteiger partial charge in [0, 0.05) is 25.4 Å². The number of aromatic nitrogens is 2. The van der Waals surface area contributed by atoms with Gasteiger partial charge in [0.15, 0.2) is 0 Å². The van der Waals surface area contributed by atoms with E-state index in [1.165, 1.54) is 18.4 Å². The van der Waals surface area contributed by atoms with Crippen LogP contribution in [0, 0.1) is 11.8 Å². The largest absolute Gasteiger partial charge is 0.352 e. The van der Waals surface area contributed by atoms with E-state index >= 15 is 0 Å². The third-order valence-electron chi connectivity index (χ3n) is 5.18. The zero-order chi connectivity index (χ0) is 17.5. The summed E-state index contributed by atoms with van der Waals surface area (Å²) in [5, 5.41) is 10.8. The molecule has 1 amide bonds. The fourth-order valence-electron chi connectivity index (χ4n) is 3.59. The van der Waals surface area contributed by atoms with Crippen molar-refractivity contribution in [2.24, 2.45) is 11.8 Å². The average Bonchev–Trinajstić information content (AvgIpc) is 3.15. The summed E-state index contributed by atoms with van der Waals surface area (Å²) < 4.78 is 1.90. The standard InChI is InChI=1S/C20H28N4O/c1-16(17-7-10-21-11-8-17)13-20(25)22-14-18-5-2-3-6-19(18)15-24-12-4-9-23-24/h2-6,9,12,16-17,21H,7-8,10-11,13-15H2,1H3,(H,22,25). The number of amides is 1. The highest BCUT2D eigenvalue weighted by Crippen LogP contribution is 2.24. The van der Waals surface area contributed by atoms with Gasteiger partial charge in [-0.25, -0.2) is 0 Å². The van der Waals surface area contributed by atoms with Gasteiger partial charge in [0.1, 0.15) is 0 Å². The van der Waals surface area contributed by atoms with Crippen molar-refractivity contribution in [1.82, 2.24) is 20.4 Å². The molecule has 5 heteroatoms. The van der Waals surface area contributed by atoms with E-state index in [1.54, 1.807) is 6.20 Å². The van der Waals surface area contributed by atoms with Crippen molar-refractivity contribution < 1.29 is 4.79 Å². The van der Waals surface area contributed by atoms with Crippen molar-refractivity contribution in [2.75, 3.05) is 13.1 Å². The fraction of sp³-hybridized carbons (Fsp3) is 0.500. The molecule has 0 radical (unpaired) electrons. The van der Waals surface area contributed by atoms with Gasteiger partial charge in [0.2, 0.25) is 5.91 Å². The molecule has 0 bridgehead atoms. The molecule has 1 aromatic heterocycles. The highest BCUT2D eigenvalue weighted by atomic mass is 16.1. The van der Waals surface area contributed by atoms with Crippen molar-refractivity contribution in [1.29, 1.82) is 0 Å². The van der Waals surface area contributed by atoms with Gasteiger partial charge in [-0.2, -0.15) is 5.10 Å². The molecule has 134 valence electrons. The maximum absolute atomic E-state index is 12.4. The Morgan fingerprint density at radius 2 is 2.04 bits per heavy atom. The first-order valence-electron chi connectivity index (χ1n) is 9.24. The molecular weight excluding hydrogens is 312 g/mol. The summed E-state index contributed by atoms with van der Waals surface area (Å²) in [5.41, 5.74) is 2.35. The van der Waals surface area contributed by atoms with Gasteiger partial charge in [-0.05, 0) is 55.0 Å². The monoisotopic (exact) mass is 340 g/mol. The van der Waals surface area contributed by atoms with Crippen LogP contribution in [0.25, 0.3) is 0 Å². The van der Waals surface area contributed by atoms with Crippen LogP contribution in [-0.2, 0) is 17.9 Å². The highest BCUT2D eigenvalue weighted by Gasteiger charge is 2.21. The van der Waals surface area contributed by atoms with E-state index in [9.17, 15) is 4.79 Å². The molecule has 0 spiro atoms. The summed E-state index contributed by atoms with van der Waals surface area (Å²) >= 11 is 0. The van der Waals surface area contributed by atoms with E-state index in [1.807, 2.05) is 29.1 Å². The van der Waals surface area contributed by atoms with E-state index in [-0.39, 0.29) is 5.91 Å². The summed E-state index contributed by atoms with van der Waals surface area (Å²) in [4.78, 5) is 12.4. The minimum Gasteiger partial charge on any atom is -0.352 e. The van der Waals surface area contributed by atoms with Crippen LogP contribution in [0.2, 0.25) is 0 Å². The Balaban J connectivity index is 1.51. The van der Waals surface area contributed by atoms with Crippen molar-refractivity contribution in [3.63, 3.8) is 0 Å². The molecule has 2 N–H and O–H groups in total.